The molecule has 6 nitrogen and oxygen atoms in total. The summed E-state index contributed by atoms with van der Waals surface area (Å²) in [5, 5.41) is 15.0. The van der Waals surface area contributed by atoms with Crippen LogP contribution in [0.2, 0.25) is 0 Å². The molecule has 1 N–H and O–H groups in total. The second-order valence-electron chi connectivity index (χ2n) is 7.65. The van der Waals surface area contributed by atoms with Gasteiger partial charge in [0.2, 0.25) is 0 Å². The standard InChI is InChI=1S/C21H26N4O2/c1-5-24-20-11-6-16(12-19(20)15(2)13-21(24,3)4)14-22-23-17-7-9-18(10-8-17)25(26)27/h6-12,14-15,23H,5,13H2,1-4H3/b22-14-/t15-/m0/s1. The fourth-order valence-corrected chi connectivity index (χ4v) is 4.03. The third-order valence-electron chi connectivity index (χ3n) is 5.21. The second kappa shape index (κ2) is 7.39. The Morgan fingerprint density at radius 2 is 2.00 bits per heavy atom. The molecule has 1 aliphatic rings. The number of hydrogen-bond donors (Lipinski definition) is 1. The minimum absolute atomic E-state index is 0.0663. The SMILES string of the molecule is CCN1c2ccc(/C=N\Nc3ccc([N+](=O)[O-])cc3)cc2[C@@H](C)CC1(C)C. The molecular formula is C21H26N4O2. The van der Waals surface area contributed by atoms with Crippen LogP contribution >= 0.6 is 0 Å². The summed E-state index contributed by atoms with van der Waals surface area (Å²) in [6, 6.07) is 12.7. The number of rotatable bonds is 5. The van der Waals surface area contributed by atoms with Gasteiger partial charge in [0.25, 0.3) is 5.69 Å². The molecule has 0 aromatic heterocycles. The number of non-ortho nitro benzene ring substituents is 1. The predicted molar refractivity (Wildman–Crippen MR) is 111 cm³/mol. The number of nitrogens with zero attached hydrogens (tertiary/aromatic N) is 3. The number of hydrogen-bond acceptors (Lipinski definition) is 5. The Balaban J connectivity index is 1.76. The van der Waals surface area contributed by atoms with Crippen LogP contribution in [0.1, 0.15) is 51.2 Å². The highest BCUT2D eigenvalue weighted by Gasteiger charge is 2.35. The Morgan fingerprint density at radius 1 is 1.30 bits per heavy atom. The van der Waals surface area contributed by atoms with Crippen LogP contribution < -0.4 is 10.3 Å². The summed E-state index contributed by atoms with van der Waals surface area (Å²) in [6.45, 7) is 10.1. The Hall–Kier alpha value is -2.89. The lowest BCUT2D eigenvalue weighted by Crippen LogP contribution is -2.48. The van der Waals surface area contributed by atoms with E-state index in [4.69, 9.17) is 0 Å². The molecule has 0 saturated heterocycles. The minimum Gasteiger partial charge on any atom is -0.366 e. The average molecular weight is 366 g/mol. The molecule has 0 amide bonds. The van der Waals surface area contributed by atoms with Gasteiger partial charge in [-0.2, -0.15) is 5.10 Å². The molecule has 1 heterocycles. The predicted octanol–water partition coefficient (Wildman–Crippen LogP) is 5.15. The number of benzene rings is 2. The molecule has 0 fully saturated rings. The van der Waals surface area contributed by atoms with Crippen molar-refractivity contribution < 1.29 is 4.92 Å². The zero-order valence-corrected chi connectivity index (χ0v) is 16.3. The topological polar surface area (TPSA) is 70.8 Å². The van der Waals surface area contributed by atoms with Crippen molar-refractivity contribution in [3.63, 3.8) is 0 Å². The van der Waals surface area contributed by atoms with E-state index in [9.17, 15) is 10.1 Å². The molecule has 3 rings (SSSR count). The molecule has 0 saturated carbocycles. The Labute approximate surface area is 160 Å². The lowest BCUT2D eigenvalue weighted by atomic mass is 9.79. The van der Waals surface area contributed by atoms with Crippen LogP contribution in [0.25, 0.3) is 0 Å². The molecule has 2 aromatic carbocycles. The molecule has 0 unspecified atom stereocenters. The molecular weight excluding hydrogens is 340 g/mol. The van der Waals surface area contributed by atoms with Gasteiger partial charge in [0.1, 0.15) is 0 Å². The molecule has 0 aliphatic carbocycles. The first-order valence-electron chi connectivity index (χ1n) is 9.27. The van der Waals surface area contributed by atoms with E-state index in [1.165, 1.54) is 23.4 Å². The van der Waals surface area contributed by atoms with Crippen LogP contribution in [0.15, 0.2) is 47.6 Å². The zero-order valence-electron chi connectivity index (χ0n) is 16.3. The molecule has 2 aromatic rings. The average Bonchev–Trinajstić information content (AvgIpc) is 2.62. The highest BCUT2D eigenvalue weighted by Crippen LogP contribution is 2.43. The summed E-state index contributed by atoms with van der Waals surface area (Å²) < 4.78 is 0. The maximum Gasteiger partial charge on any atom is 0.269 e. The Bertz CT molecular complexity index is 859. The van der Waals surface area contributed by atoms with Crippen molar-refractivity contribution in [2.24, 2.45) is 5.10 Å². The third kappa shape index (κ3) is 3.94. The van der Waals surface area contributed by atoms with E-state index in [-0.39, 0.29) is 11.2 Å². The van der Waals surface area contributed by atoms with Crippen LogP contribution in [-0.4, -0.2) is 23.2 Å². The van der Waals surface area contributed by atoms with E-state index in [1.54, 1.807) is 18.3 Å². The van der Waals surface area contributed by atoms with Gasteiger partial charge in [0, 0.05) is 29.9 Å². The maximum absolute atomic E-state index is 10.7. The molecule has 27 heavy (non-hydrogen) atoms. The number of nitrogens with one attached hydrogen (secondary N) is 1. The smallest absolute Gasteiger partial charge is 0.269 e. The highest BCUT2D eigenvalue weighted by atomic mass is 16.6. The van der Waals surface area contributed by atoms with Crippen molar-refractivity contribution in [2.45, 2.75) is 45.6 Å². The van der Waals surface area contributed by atoms with Crippen LogP contribution in [-0.2, 0) is 0 Å². The summed E-state index contributed by atoms with van der Waals surface area (Å²) in [5.74, 6) is 0.494. The van der Waals surface area contributed by atoms with E-state index in [1.807, 2.05) is 0 Å². The third-order valence-corrected chi connectivity index (χ3v) is 5.21. The van der Waals surface area contributed by atoms with Crippen molar-refractivity contribution in [3.8, 4) is 0 Å². The first-order chi connectivity index (χ1) is 12.8. The number of fused-ring (bicyclic) bond motifs is 1. The van der Waals surface area contributed by atoms with Gasteiger partial charge in [-0.3, -0.25) is 15.5 Å². The van der Waals surface area contributed by atoms with E-state index in [2.05, 4.69) is 61.3 Å². The first-order valence-corrected chi connectivity index (χ1v) is 9.27. The van der Waals surface area contributed by atoms with Crippen molar-refractivity contribution in [3.05, 3.63) is 63.7 Å². The van der Waals surface area contributed by atoms with E-state index >= 15 is 0 Å². The van der Waals surface area contributed by atoms with Gasteiger partial charge < -0.3 is 4.90 Å². The fraction of sp³-hybridized carbons (Fsp3) is 0.381. The first kappa shape index (κ1) is 18.9. The highest BCUT2D eigenvalue weighted by molar-refractivity contribution is 5.82. The van der Waals surface area contributed by atoms with Gasteiger partial charge in [-0.25, -0.2) is 0 Å². The van der Waals surface area contributed by atoms with E-state index in [0.717, 1.165) is 18.5 Å². The zero-order chi connectivity index (χ0) is 19.6. The molecule has 1 atom stereocenters. The molecule has 142 valence electrons. The van der Waals surface area contributed by atoms with Gasteiger partial charge in [-0.05, 0) is 68.5 Å². The van der Waals surface area contributed by atoms with Gasteiger partial charge in [0.05, 0.1) is 16.8 Å². The molecule has 0 spiro atoms. The summed E-state index contributed by atoms with van der Waals surface area (Å²) in [6.07, 6.45) is 2.90. The number of anilines is 2. The Morgan fingerprint density at radius 3 is 2.63 bits per heavy atom. The lowest BCUT2D eigenvalue weighted by molar-refractivity contribution is -0.384. The lowest BCUT2D eigenvalue weighted by Gasteiger charge is -2.47. The van der Waals surface area contributed by atoms with E-state index in [0.29, 0.717) is 11.6 Å². The van der Waals surface area contributed by atoms with Gasteiger partial charge >= 0.3 is 0 Å². The van der Waals surface area contributed by atoms with Crippen LogP contribution in [0, 0.1) is 10.1 Å². The molecule has 6 heteroatoms. The summed E-state index contributed by atoms with van der Waals surface area (Å²) in [4.78, 5) is 12.7. The van der Waals surface area contributed by atoms with Gasteiger partial charge in [0.15, 0.2) is 0 Å². The van der Waals surface area contributed by atoms with E-state index < -0.39 is 4.92 Å². The van der Waals surface area contributed by atoms with Crippen molar-refractivity contribution in [2.75, 3.05) is 16.9 Å². The second-order valence-corrected chi connectivity index (χ2v) is 7.65. The monoisotopic (exact) mass is 366 g/mol. The quantitative estimate of drug-likeness (QED) is 0.451. The van der Waals surface area contributed by atoms with Gasteiger partial charge in [-0.1, -0.05) is 13.0 Å². The number of nitro groups is 1. The number of nitro benzene ring substituents is 1. The maximum atomic E-state index is 10.7. The van der Waals surface area contributed by atoms with Crippen LogP contribution in [0.3, 0.4) is 0 Å². The van der Waals surface area contributed by atoms with Crippen LogP contribution in [0.4, 0.5) is 17.1 Å². The summed E-state index contributed by atoms with van der Waals surface area (Å²) in [5.41, 5.74) is 7.55. The summed E-state index contributed by atoms with van der Waals surface area (Å²) >= 11 is 0. The van der Waals surface area contributed by atoms with Crippen molar-refractivity contribution >= 4 is 23.3 Å². The Kier molecular flexibility index (Phi) is 5.17. The normalized spacial score (nSPS) is 18.4. The minimum atomic E-state index is -0.414. The van der Waals surface area contributed by atoms with Crippen LogP contribution in [0.5, 0.6) is 0 Å². The largest absolute Gasteiger partial charge is 0.366 e. The van der Waals surface area contributed by atoms with Crippen molar-refractivity contribution in [1.82, 2.24) is 0 Å². The van der Waals surface area contributed by atoms with Crippen molar-refractivity contribution in [1.29, 1.82) is 0 Å². The molecule has 1 aliphatic heterocycles. The number of hydrazone groups is 1. The fourth-order valence-electron chi connectivity index (χ4n) is 4.03. The van der Waals surface area contributed by atoms with Gasteiger partial charge in [-0.15, -0.1) is 0 Å². The molecule has 0 bridgehead atoms. The summed E-state index contributed by atoms with van der Waals surface area (Å²) in [7, 11) is 0. The molecule has 0 radical (unpaired) electrons.